The molecule has 2 rings (SSSR count). The van der Waals surface area contributed by atoms with Crippen LogP contribution in [-0.2, 0) is 0 Å². The van der Waals surface area contributed by atoms with E-state index in [9.17, 15) is 9.18 Å². The van der Waals surface area contributed by atoms with E-state index in [0.29, 0.717) is 0 Å². The quantitative estimate of drug-likeness (QED) is 0.793. The molecule has 74 valence electrons. The molecule has 1 aromatic rings. The second-order valence-corrected chi connectivity index (χ2v) is 3.29. The van der Waals surface area contributed by atoms with Crippen LogP contribution < -0.4 is 10.5 Å². The molecular formula is C10H10FNO2. The average Bonchev–Trinajstić information content (AvgIpc) is 2.87. The predicted octanol–water partition coefficient (Wildman–Crippen LogP) is 1.47. The molecule has 0 bridgehead atoms. The number of rotatable bonds is 3. The largest absolute Gasteiger partial charge is 0.489 e. The summed E-state index contributed by atoms with van der Waals surface area (Å²) in [6.45, 7) is 0. The first-order valence-corrected chi connectivity index (χ1v) is 4.43. The Balaban J connectivity index is 2.35. The standard InChI is InChI=1S/C10H10FNO2/c11-7-2-1-3-8(9(7)10(12)13)14-6-4-5-6/h1-3,6H,4-5H2,(H2,12,13). The molecule has 1 aromatic carbocycles. The van der Waals surface area contributed by atoms with Crippen molar-refractivity contribution in [2.75, 3.05) is 0 Å². The van der Waals surface area contributed by atoms with Gasteiger partial charge in [-0.15, -0.1) is 0 Å². The maximum absolute atomic E-state index is 13.2. The lowest BCUT2D eigenvalue weighted by Gasteiger charge is -2.08. The lowest BCUT2D eigenvalue weighted by atomic mass is 10.2. The molecule has 1 amide bonds. The fourth-order valence-electron chi connectivity index (χ4n) is 1.21. The minimum absolute atomic E-state index is 0.120. The van der Waals surface area contributed by atoms with Gasteiger partial charge in [0.25, 0.3) is 5.91 Å². The molecule has 1 fully saturated rings. The summed E-state index contributed by atoms with van der Waals surface area (Å²) in [5.41, 5.74) is 4.90. The molecule has 0 saturated heterocycles. The van der Waals surface area contributed by atoms with Gasteiger partial charge in [-0.25, -0.2) is 4.39 Å². The summed E-state index contributed by atoms with van der Waals surface area (Å²) in [5.74, 6) is -1.17. The number of hydrogen-bond donors (Lipinski definition) is 1. The van der Waals surface area contributed by atoms with Crippen LogP contribution in [0.4, 0.5) is 4.39 Å². The molecule has 1 aliphatic rings. The van der Waals surface area contributed by atoms with Crippen molar-refractivity contribution in [3.8, 4) is 5.75 Å². The van der Waals surface area contributed by atoms with Crippen molar-refractivity contribution in [3.63, 3.8) is 0 Å². The van der Waals surface area contributed by atoms with Gasteiger partial charge in [-0.2, -0.15) is 0 Å². The topological polar surface area (TPSA) is 52.3 Å². The normalized spacial score (nSPS) is 15.2. The van der Waals surface area contributed by atoms with E-state index in [-0.39, 0.29) is 17.4 Å². The maximum atomic E-state index is 13.2. The summed E-state index contributed by atoms with van der Waals surface area (Å²) in [6.07, 6.45) is 2.03. The van der Waals surface area contributed by atoms with Crippen LogP contribution in [0.25, 0.3) is 0 Å². The number of nitrogens with two attached hydrogens (primary N) is 1. The van der Waals surface area contributed by atoms with Crippen molar-refractivity contribution in [2.45, 2.75) is 18.9 Å². The van der Waals surface area contributed by atoms with Gasteiger partial charge >= 0.3 is 0 Å². The molecular weight excluding hydrogens is 185 g/mol. The Hall–Kier alpha value is -1.58. The Morgan fingerprint density at radius 2 is 2.21 bits per heavy atom. The molecule has 0 aliphatic heterocycles. The second kappa shape index (κ2) is 3.29. The number of primary amides is 1. The fraction of sp³-hybridized carbons (Fsp3) is 0.300. The van der Waals surface area contributed by atoms with E-state index in [0.717, 1.165) is 12.8 Å². The third kappa shape index (κ3) is 1.69. The van der Waals surface area contributed by atoms with Crippen LogP contribution in [0.3, 0.4) is 0 Å². The molecule has 1 saturated carbocycles. The van der Waals surface area contributed by atoms with E-state index in [2.05, 4.69) is 0 Å². The molecule has 0 aromatic heterocycles. The van der Waals surface area contributed by atoms with Gasteiger partial charge in [0.05, 0.1) is 6.10 Å². The van der Waals surface area contributed by atoms with Gasteiger partial charge in [-0.05, 0) is 25.0 Å². The minimum Gasteiger partial charge on any atom is -0.489 e. The first-order chi connectivity index (χ1) is 6.68. The van der Waals surface area contributed by atoms with Gasteiger partial charge < -0.3 is 10.5 Å². The second-order valence-electron chi connectivity index (χ2n) is 3.29. The SMILES string of the molecule is NC(=O)c1c(F)cccc1OC1CC1. The summed E-state index contributed by atoms with van der Waals surface area (Å²) in [7, 11) is 0. The average molecular weight is 195 g/mol. The van der Waals surface area contributed by atoms with Crippen molar-refractivity contribution in [1.82, 2.24) is 0 Å². The molecule has 14 heavy (non-hydrogen) atoms. The lowest BCUT2D eigenvalue weighted by Crippen LogP contribution is -2.15. The summed E-state index contributed by atoms with van der Waals surface area (Å²) >= 11 is 0. The number of carbonyl (C=O) groups excluding carboxylic acids is 1. The Morgan fingerprint density at radius 3 is 2.79 bits per heavy atom. The summed E-state index contributed by atoms with van der Waals surface area (Å²) in [6, 6.07) is 4.25. The number of hydrogen-bond acceptors (Lipinski definition) is 2. The molecule has 2 N–H and O–H groups in total. The van der Waals surface area contributed by atoms with Crippen LogP contribution >= 0.6 is 0 Å². The van der Waals surface area contributed by atoms with E-state index >= 15 is 0 Å². The van der Waals surface area contributed by atoms with E-state index in [1.165, 1.54) is 12.1 Å². The zero-order valence-corrected chi connectivity index (χ0v) is 7.50. The van der Waals surface area contributed by atoms with Crippen LogP contribution in [-0.4, -0.2) is 12.0 Å². The molecule has 1 aliphatic carbocycles. The van der Waals surface area contributed by atoms with Crippen LogP contribution in [0.15, 0.2) is 18.2 Å². The first-order valence-electron chi connectivity index (χ1n) is 4.43. The van der Waals surface area contributed by atoms with Crippen molar-refractivity contribution in [2.24, 2.45) is 5.73 Å². The zero-order valence-electron chi connectivity index (χ0n) is 7.50. The number of halogens is 1. The van der Waals surface area contributed by atoms with Crippen molar-refractivity contribution in [1.29, 1.82) is 0 Å². The molecule has 0 heterocycles. The van der Waals surface area contributed by atoms with E-state index in [1.807, 2.05) is 0 Å². The maximum Gasteiger partial charge on any atom is 0.255 e. The zero-order chi connectivity index (χ0) is 10.1. The highest BCUT2D eigenvalue weighted by molar-refractivity contribution is 5.95. The van der Waals surface area contributed by atoms with Gasteiger partial charge in [-0.1, -0.05) is 6.07 Å². The summed E-state index contributed by atoms with van der Waals surface area (Å²) < 4.78 is 18.5. The van der Waals surface area contributed by atoms with Gasteiger partial charge in [-0.3, -0.25) is 4.79 Å². The van der Waals surface area contributed by atoms with E-state index in [4.69, 9.17) is 10.5 Å². The number of amides is 1. The highest BCUT2D eigenvalue weighted by Crippen LogP contribution is 2.29. The Morgan fingerprint density at radius 1 is 1.50 bits per heavy atom. The minimum atomic E-state index is -0.793. The summed E-state index contributed by atoms with van der Waals surface area (Å²) in [4.78, 5) is 10.9. The molecule has 4 heteroatoms. The van der Waals surface area contributed by atoms with Gasteiger partial charge in [0.1, 0.15) is 17.1 Å². The Bertz CT molecular complexity index is 374. The molecule has 0 radical (unpaired) electrons. The smallest absolute Gasteiger partial charge is 0.255 e. The van der Waals surface area contributed by atoms with Gasteiger partial charge in [0.2, 0.25) is 0 Å². The highest BCUT2D eigenvalue weighted by atomic mass is 19.1. The number of benzene rings is 1. The van der Waals surface area contributed by atoms with Crippen LogP contribution in [0.5, 0.6) is 5.75 Å². The van der Waals surface area contributed by atoms with Gasteiger partial charge in [0.15, 0.2) is 0 Å². The summed E-state index contributed by atoms with van der Waals surface area (Å²) in [5, 5.41) is 0. The van der Waals surface area contributed by atoms with Crippen molar-refractivity contribution < 1.29 is 13.9 Å². The molecule has 0 unspecified atom stereocenters. The molecule has 0 atom stereocenters. The Kier molecular flexibility index (Phi) is 2.11. The van der Waals surface area contributed by atoms with Crippen molar-refractivity contribution >= 4 is 5.91 Å². The molecule has 3 nitrogen and oxygen atoms in total. The monoisotopic (exact) mass is 195 g/mol. The molecule has 0 spiro atoms. The fourth-order valence-corrected chi connectivity index (χ4v) is 1.21. The lowest BCUT2D eigenvalue weighted by molar-refractivity contribution is 0.0992. The van der Waals surface area contributed by atoms with E-state index in [1.54, 1.807) is 6.07 Å². The number of ether oxygens (including phenoxy) is 1. The third-order valence-electron chi connectivity index (χ3n) is 2.04. The predicted molar refractivity (Wildman–Crippen MR) is 48.6 cm³/mol. The third-order valence-corrected chi connectivity index (χ3v) is 2.04. The Labute approximate surface area is 80.7 Å². The van der Waals surface area contributed by atoms with Gasteiger partial charge in [0, 0.05) is 0 Å². The van der Waals surface area contributed by atoms with Crippen LogP contribution in [0, 0.1) is 5.82 Å². The highest BCUT2D eigenvalue weighted by Gasteiger charge is 2.26. The van der Waals surface area contributed by atoms with Crippen molar-refractivity contribution in [3.05, 3.63) is 29.6 Å². The van der Waals surface area contributed by atoms with Crippen LogP contribution in [0.2, 0.25) is 0 Å². The van der Waals surface area contributed by atoms with E-state index < -0.39 is 11.7 Å². The van der Waals surface area contributed by atoms with Crippen LogP contribution in [0.1, 0.15) is 23.2 Å². The first kappa shape index (κ1) is 8.99. The number of carbonyl (C=O) groups is 1.